The molecule has 2 nitrogen and oxygen atoms in total. The maximum atomic E-state index is 11.1. The second-order valence-corrected chi connectivity index (χ2v) is 3.34. The average molecular weight is 182 g/mol. The van der Waals surface area contributed by atoms with Crippen molar-refractivity contribution in [2.24, 2.45) is 0 Å². The fourth-order valence-corrected chi connectivity index (χ4v) is 1.60. The number of Topliss-reactive ketones (excluding diaryl/α,β-unsaturated/α-hetero) is 1. The van der Waals surface area contributed by atoms with Crippen LogP contribution in [0.5, 0.6) is 0 Å². The van der Waals surface area contributed by atoms with Gasteiger partial charge in [-0.25, -0.2) is 4.98 Å². The lowest BCUT2D eigenvalue weighted by atomic mass is 9.95. The molecular weight excluding hydrogens is 174 g/mol. The van der Waals surface area contributed by atoms with E-state index in [2.05, 4.69) is 4.98 Å². The molecule has 0 aromatic carbocycles. The van der Waals surface area contributed by atoms with Crippen molar-refractivity contribution in [2.45, 2.75) is 19.3 Å². The first-order chi connectivity index (χ1) is 5.75. The second-order valence-electron chi connectivity index (χ2n) is 2.96. The normalized spacial score (nSPS) is 15.9. The molecule has 0 saturated carbocycles. The first-order valence-corrected chi connectivity index (χ1v) is 4.29. The molecule has 1 heterocycles. The van der Waals surface area contributed by atoms with Crippen LogP contribution in [0.3, 0.4) is 0 Å². The predicted molar refractivity (Wildman–Crippen MR) is 46.3 cm³/mol. The van der Waals surface area contributed by atoms with Crippen LogP contribution in [-0.2, 0) is 17.6 Å². The predicted octanol–water partition coefficient (Wildman–Crippen LogP) is 1.79. The van der Waals surface area contributed by atoms with Crippen molar-refractivity contribution < 1.29 is 4.79 Å². The molecule has 1 aliphatic rings. The van der Waals surface area contributed by atoms with Crippen molar-refractivity contribution in [3.05, 3.63) is 28.5 Å². The molecule has 12 heavy (non-hydrogen) atoms. The molecule has 62 valence electrons. The van der Waals surface area contributed by atoms with Crippen molar-refractivity contribution in [2.75, 3.05) is 0 Å². The standard InChI is InChI=1S/C9H8ClNO/c10-9-4-2-6-1-3-7(12)5-8(6)11-9/h2,4H,1,3,5H2. The van der Waals surface area contributed by atoms with E-state index in [1.807, 2.05) is 6.07 Å². The Hall–Kier alpha value is -0.890. The number of fused-ring (bicyclic) bond motifs is 1. The van der Waals surface area contributed by atoms with Crippen molar-refractivity contribution in [1.29, 1.82) is 0 Å². The molecule has 0 unspecified atom stereocenters. The van der Waals surface area contributed by atoms with E-state index in [1.165, 1.54) is 5.56 Å². The van der Waals surface area contributed by atoms with E-state index in [4.69, 9.17) is 11.6 Å². The average Bonchev–Trinajstić information content (AvgIpc) is 2.03. The van der Waals surface area contributed by atoms with E-state index in [0.717, 1.165) is 12.1 Å². The summed E-state index contributed by atoms with van der Waals surface area (Å²) in [5.74, 6) is 0.261. The monoisotopic (exact) mass is 181 g/mol. The highest BCUT2D eigenvalue weighted by atomic mass is 35.5. The fraction of sp³-hybridized carbons (Fsp3) is 0.333. The van der Waals surface area contributed by atoms with Gasteiger partial charge in [0.05, 0.1) is 5.69 Å². The minimum Gasteiger partial charge on any atom is -0.299 e. The van der Waals surface area contributed by atoms with Crippen LogP contribution in [0.4, 0.5) is 0 Å². The number of carbonyl (C=O) groups is 1. The van der Waals surface area contributed by atoms with Gasteiger partial charge in [0.2, 0.25) is 0 Å². The Bertz CT molecular complexity index is 335. The van der Waals surface area contributed by atoms with E-state index in [1.54, 1.807) is 6.07 Å². The lowest BCUT2D eigenvalue weighted by molar-refractivity contribution is -0.118. The summed E-state index contributed by atoms with van der Waals surface area (Å²) in [5.41, 5.74) is 2.03. The van der Waals surface area contributed by atoms with Crippen LogP contribution in [0.25, 0.3) is 0 Å². The SMILES string of the molecule is O=C1CCc2ccc(Cl)nc2C1. The number of pyridine rings is 1. The number of aryl methyl sites for hydroxylation is 1. The third kappa shape index (κ3) is 1.34. The molecule has 0 bridgehead atoms. The summed E-state index contributed by atoms with van der Waals surface area (Å²) in [5, 5.41) is 0.475. The summed E-state index contributed by atoms with van der Waals surface area (Å²) >= 11 is 5.70. The minimum absolute atomic E-state index is 0.261. The highest BCUT2D eigenvalue weighted by Gasteiger charge is 2.16. The number of rotatable bonds is 0. The summed E-state index contributed by atoms with van der Waals surface area (Å²) < 4.78 is 0. The summed E-state index contributed by atoms with van der Waals surface area (Å²) in [6.07, 6.45) is 1.92. The Labute approximate surface area is 75.6 Å². The maximum absolute atomic E-state index is 11.1. The lowest BCUT2D eigenvalue weighted by Crippen LogP contribution is -2.14. The van der Waals surface area contributed by atoms with Crippen LogP contribution in [-0.4, -0.2) is 10.8 Å². The maximum Gasteiger partial charge on any atom is 0.139 e. The second kappa shape index (κ2) is 2.87. The van der Waals surface area contributed by atoms with E-state index >= 15 is 0 Å². The van der Waals surface area contributed by atoms with Crippen LogP contribution < -0.4 is 0 Å². The van der Waals surface area contributed by atoms with Gasteiger partial charge >= 0.3 is 0 Å². The zero-order valence-corrected chi connectivity index (χ0v) is 7.27. The molecule has 0 N–H and O–H groups in total. The molecule has 2 rings (SSSR count). The molecule has 0 spiro atoms. The summed E-state index contributed by atoms with van der Waals surface area (Å²) in [6.45, 7) is 0. The zero-order valence-electron chi connectivity index (χ0n) is 6.51. The summed E-state index contributed by atoms with van der Waals surface area (Å²) in [7, 11) is 0. The minimum atomic E-state index is 0.261. The van der Waals surface area contributed by atoms with Crippen molar-refractivity contribution in [3.63, 3.8) is 0 Å². The molecule has 3 heteroatoms. The molecular formula is C9H8ClNO. The van der Waals surface area contributed by atoms with Gasteiger partial charge in [-0.15, -0.1) is 0 Å². The van der Waals surface area contributed by atoms with Gasteiger partial charge in [-0.3, -0.25) is 4.79 Å². The number of carbonyl (C=O) groups excluding carboxylic acids is 1. The molecule has 1 aromatic rings. The van der Waals surface area contributed by atoms with Crippen LogP contribution in [0.2, 0.25) is 5.15 Å². The summed E-state index contributed by atoms with van der Waals surface area (Å²) in [6, 6.07) is 3.73. The smallest absolute Gasteiger partial charge is 0.139 e. The van der Waals surface area contributed by atoms with Crippen LogP contribution >= 0.6 is 11.6 Å². The Balaban J connectivity index is 2.44. The van der Waals surface area contributed by atoms with Gasteiger partial charge in [-0.05, 0) is 18.1 Å². The molecule has 0 atom stereocenters. The van der Waals surface area contributed by atoms with Crippen LogP contribution in [0, 0.1) is 0 Å². The van der Waals surface area contributed by atoms with Gasteiger partial charge in [0.25, 0.3) is 0 Å². The topological polar surface area (TPSA) is 30.0 Å². The first kappa shape index (κ1) is 7.74. The highest BCUT2D eigenvalue weighted by Crippen LogP contribution is 2.19. The van der Waals surface area contributed by atoms with E-state index < -0.39 is 0 Å². The van der Waals surface area contributed by atoms with Gasteiger partial charge in [0.15, 0.2) is 0 Å². The zero-order chi connectivity index (χ0) is 8.55. The van der Waals surface area contributed by atoms with Crippen molar-refractivity contribution >= 4 is 17.4 Å². The Morgan fingerprint density at radius 3 is 3.00 bits per heavy atom. The van der Waals surface area contributed by atoms with E-state index in [-0.39, 0.29) is 5.78 Å². The quantitative estimate of drug-likeness (QED) is 0.572. The van der Waals surface area contributed by atoms with Crippen molar-refractivity contribution in [1.82, 2.24) is 4.98 Å². The number of aromatic nitrogens is 1. The highest BCUT2D eigenvalue weighted by molar-refractivity contribution is 6.29. The molecule has 0 aliphatic heterocycles. The Morgan fingerprint density at radius 1 is 1.33 bits per heavy atom. The van der Waals surface area contributed by atoms with Gasteiger partial charge in [-0.1, -0.05) is 17.7 Å². The molecule has 1 aromatic heterocycles. The Kier molecular flexibility index (Phi) is 1.85. The van der Waals surface area contributed by atoms with Gasteiger partial charge in [0.1, 0.15) is 10.9 Å². The largest absolute Gasteiger partial charge is 0.299 e. The first-order valence-electron chi connectivity index (χ1n) is 3.92. The molecule has 1 aliphatic carbocycles. The van der Waals surface area contributed by atoms with Crippen molar-refractivity contribution in [3.8, 4) is 0 Å². The molecule has 0 amide bonds. The number of hydrogen-bond donors (Lipinski definition) is 0. The third-order valence-electron chi connectivity index (χ3n) is 2.07. The lowest BCUT2D eigenvalue weighted by Gasteiger charge is -2.12. The van der Waals surface area contributed by atoms with Gasteiger partial charge in [-0.2, -0.15) is 0 Å². The van der Waals surface area contributed by atoms with E-state index in [0.29, 0.717) is 18.0 Å². The van der Waals surface area contributed by atoms with Gasteiger partial charge in [0, 0.05) is 12.8 Å². The molecule has 0 radical (unpaired) electrons. The molecule has 0 fully saturated rings. The fourth-order valence-electron chi connectivity index (χ4n) is 1.43. The third-order valence-corrected chi connectivity index (χ3v) is 2.28. The number of ketones is 1. The van der Waals surface area contributed by atoms with E-state index in [9.17, 15) is 4.79 Å². The van der Waals surface area contributed by atoms with Crippen LogP contribution in [0.1, 0.15) is 17.7 Å². The summed E-state index contributed by atoms with van der Waals surface area (Å²) in [4.78, 5) is 15.2. The number of hydrogen-bond acceptors (Lipinski definition) is 2. The number of halogens is 1. The number of nitrogens with zero attached hydrogens (tertiary/aromatic N) is 1. The Morgan fingerprint density at radius 2 is 2.17 bits per heavy atom. The van der Waals surface area contributed by atoms with Crippen LogP contribution in [0.15, 0.2) is 12.1 Å². The van der Waals surface area contributed by atoms with Gasteiger partial charge < -0.3 is 0 Å². The molecule has 0 saturated heterocycles.